The maximum atomic E-state index is 6.08. The summed E-state index contributed by atoms with van der Waals surface area (Å²) in [6, 6.07) is 0.191. The smallest absolute Gasteiger partial charge is 0.0965 e. The highest BCUT2D eigenvalue weighted by atomic mass is 32.1. The lowest BCUT2D eigenvalue weighted by atomic mass is 9.87. The van der Waals surface area contributed by atoms with Gasteiger partial charge in [0.15, 0.2) is 0 Å². The molecule has 0 bridgehead atoms. The molecular weight excluding hydrogens is 218 g/mol. The summed E-state index contributed by atoms with van der Waals surface area (Å²) in [5.74, 6) is 0.465. The van der Waals surface area contributed by atoms with Crippen molar-refractivity contribution in [3.8, 4) is 0 Å². The fourth-order valence-corrected chi connectivity index (χ4v) is 2.03. The first-order valence-electron chi connectivity index (χ1n) is 5.77. The molecule has 1 aromatic rings. The number of nitrogens with two attached hydrogens (primary N) is 1. The van der Waals surface area contributed by atoms with E-state index in [0.29, 0.717) is 5.92 Å². The lowest BCUT2D eigenvalue weighted by Crippen LogP contribution is -2.44. The van der Waals surface area contributed by atoms with Crippen molar-refractivity contribution in [3.63, 3.8) is 0 Å². The van der Waals surface area contributed by atoms with Crippen molar-refractivity contribution < 1.29 is 0 Å². The van der Waals surface area contributed by atoms with Crippen LogP contribution in [0.4, 0.5) is 0 Å². The molecule has 16 heavy (non-hydrogen) atoms. The van der Waals surface area contributed by atoms with Gasteiger partial charge in [-0.15, -0.1) is 11.3 Å². The first-order chi connectivity index (χ1) is 7.41. The number of hydrogen-bond donors (Lipinski definition) is 2. The van der Waals surface area contributed by atoms with Crippen LogP contribution in [0.1, 0.15) is 38.6 Å². The van der Waals surface area contributed by atoms with Gasteiger partial charge in [0.1, 0.15) is 0 Å². The van der Waals surface area contributed by atoms with Crippen molar-refractivity contribution in [3.05, 3.63) is 16.6 Å². The minimum absolute atomic E-state index is 0.164. The Hall–Kier alpha value is -0.450. The van der Waals surface area contributed by atoms with Crippen molar-refractivity contribution in [2.75, 3.05) is 13.1 Å². The van der Waals surface area contributed by atoms with E-state index >= 15 is 0 Å². The number of hydrogen-bond acceptors (Lipinski definition) is 4. The third-order valence-electron chi connectivity index (χ3n) is 2.80. The van der Waals surface area contributed by atoms with E-state index in [0.717, 1.165) is 13.1 Å². The molecule has 92 valence electrons. The van der Waals surface area contributed by atoms with Crippen molar-refractivity contribution in [1.82, 2.24) is 10.3 Å². The van der Waals surface area contributed by atoms with E-state index in [9.17, 15) is 0 Å². The first kappa shape index (κ1) is 13.6. The molecule has 0 saturated heterocycles. The summed E-state index contributed by atoms with van der Waals surface area (Å²) in [4.78, 5) is 4.31. The SMILES string of the molecule is CC(CNCC(N)C(C)(C)C)c1nccs1. The third-order valence-corrected chi connectivity index (χ3v) is 3.81. The maximum Gasteiger partial charge on any atom is 0.0965 e. The quantitative estimate of drug-likeness (QED) is 0.831. The van der Waals surface area contributed by atoms with Crippen LogP contribution in [0.3, 0.4) is 0 Å². The third kappa shape index (κ3) is 4.20. The average molecular weight is 241 g/mol. The van der Waals surface area contributed by atoms with Crippen molar-refractivity contribution >= 4 is 11.3 Å². The van der Waals surface area contributed by atoms with Crippen LogP contribution in [0.2, 0.25) is 0 Å². The molecule has 2 unspecified atom stereocenters. The van der Waals surface area contributed by atoms with Gasteiger partial charge >= 0.3 is 0 Å². The van der Waals surface area contributed by atoms with Gasteiger partial charge in [-0.1, -0.05) is 27.7 Å². The van der Waals surface area contributed by atoms with Crippen LogP contribution >= 0.6 is 11.3 Å². The molecule has 0 aliphatic rings. The Balaban J connectivity index is 2.26. The standard InChI is InChI=1S/C12H23N3S/c1-9(11-15-5-6-16-11)7-14-8-10(13)12(2,3)4/h5-6,9-10,14H,7-8,13H2,1-4H3. The molecule has 0 saturated carbocycles. The molecule has 0 aliphatic heterocycles. The normalized spacial score (nSPS) is 16.1. The van der Waals surface area contributed by atoms with Gasteiger partial charge < -0.3 is 11.1 Å². The fraction of sp³-hybridized carbons (Fsp3) is 0.750. The Morgan fingerprint density at radius 3 is 2.62 bits per heavy atom. The monoisotopic (exact) mass is 241 g/mol. The Morgan fingerprint density at radius 2 is 2.12 bits per heavy atom. The molecule has 2 atom stereocenters. The van der Waals surface area contributed by atoms with E-state index in [1.807, 2.05) is 11.6 Å². The Kier molecular flexibility index (Phi) is 4.89. The van der Waals surface area contributed by atoms with E-state index in [1.165, 1.54) is 5.01 Å². The number of thiazole rings is 1. The minimum atomic E-state index is 0.164. The second-order valence-corrected chi connectivity index (χ2v) is 6.33. The Morgan fingerprint density at radius 1 is 1.44 bits per heavy atom. The van der Waals surface area contributed by atoms with Gasteiger partial charge in [-0.2, -0.15) is 0 Å². The zero-order valence-corrected chi connectivity index (χ0v) is 11.5. The van der Waals surface area contributed by atoms with Crippen molar-refractivity contribution in [2.24, 2.45) is 11.1 Å². The average Bonchev–Trinajstić information content (AvgIpc) is 2.68. The van der Waals surface area contributed by atoms with Gasteiger partial charge in [0.25, 0.3) is 0 Å². The molecule has 0 spiro atoms. The topological polar surface area (TPSA) is 50.9 Å². The first-order valence-corrected chi connectivity index (χ1v) is 6.65. The molecular formula is C12H23N3S. The van der Waals surface area contributed by atoms with Crippen LogP contribution in [-0.2, 0) is 0 Å². The van der Waals surface area contributed by atoms with E-state index in [4.69, 9.17) is 5.73 Å². The van der Waals surface area contributed by atoms with Crippen molar-refractivity contribution in [1.29, 1.82) is 0 Å². The lowest BCUT2D eigenvalue weighted by molar-refractivity contribution is 0.308. The number of nitrogens with zero attached hydrogens (tertiary/aromatic N) is 1. The van der Waals surface area contributed by atoms with E-state index < -0.39 is 0 Å². The molecule has 0 aromatic carbocycles. The highest BCUT2D eigenvalue weighted by Crippen LogP contribution is 2.18. The largest absolute Gasteiger partial charge is 0.326 e. The van der Waals surface area contributed by atoms with Crippen molar-refractivity contribution in [2.45, 2.75) is 39.7 Å². The summed E-state index contributed by atoms with van der Waals surface area (Å²) in [7, 11) is 0. The molecule has 0 fully saturated rings. The van der Waals surface area contributed by atoms with Crippen LogP contribution in [0.5, 0.6) is 0 Å². The van der Waals surface area contributed by atoms with Gasteiger partial charge in [-0.3, -0.25) is 0 Å². The number of aromatic nitrogens is 1. The van der Waals surface area contributed by atoms with Crippen LogP contribution in [0.15, 0.2) is 11.6 Å². The summed E-state index contributed by atoms with van der Waals surface area (Å²) in [6.07, 6.45) is 1.86. The van der Waals surface area contributed by atoms with Crippen LogP contribution in [0, 0.1) is 5.41 Å². The predicted octanol–water partition coefficient (Wildman–Crippen LogP) is 2.21. The second kappa shape index (κ2) is 5.75. The molecule has 1 heterocycles. The number of rotatable bonds is 5. The van der Waals surface area contributed by atoms with E-state index in [-0.39, 0.29) is 11.5 Å². The van der Waals surface area contributed by atoms with Gasteiger partial charge in [0.2, 0.25) is 0 Å². The summed E-state index contributed by atoms with van der Waals surface area (Å²) in [6.45, 7) is 10.5. The molecule has 1 aromatic heterocycles. The second-order valence-electron chi connectivity index (χ2n) is 5.40. The predicted molar refractivity (Wildman–Crippen MR) is 70.8 cm³/mol. The fourth-order valence-electron chi connectivity index (χ4n) is 1.33. The summed E-state index contributed by atoms with van der Waals surface area (Å²) in [5, 5.41) is 6.63. The highest BCUT2D eigenvalue weighted by molar-refractivity contribution is 7.09. The molecule has 1 rings (SSSR count). The van der Waals surface area contributed by atoms with Gasteiger partial charge in [-0.25, -0.2) is 4.98 Å². The summed E-state index contributed by atoms with van der Waals surface area (Å²) >= 11 is 1.71. The van der Waals surface area contributed by atoms with E-state index in [2.05, 4.69) is 38.0 Å². The molecule has 3 N–H and O–H groups in total. The summed E-state index contributed by atoms with van der Waals surface area (Å²) in [5.41, 5.74) is 6.24. The highest BCUT2D eigenvalue weighted by Gasteiger charge is 2.20. The molecule has 0 radical (unpaired) electrons. The maximum absolute atomic E-state index is 6.08. The van der Waals surface area contributed by atoms with Gasteiger partial charge in [0, 0.05) is 36.6 Å². The van der Waals surface area contributed by atoms with Crippen LogP contribution in [0.25, 0.3) is 0 Å². The lowest BCUT2D eigenvalue weighted by Gasteiger charge is -2.27. The van der Waals surface area contributed by atoms with E-state index in [1.54, 1.807) is 11.3 Å². The van der Waals surface area contributed by atoms with Gasteiger partial charge in [-0.05, 0) is 5.41 Å². The van der Waals surface area contributed by atoms with Crippen LogP contribution < -0.4 is 11.1 Å². The molecule has 0 amide bonds. The van der Waals surface area contributed by atoms with Gasteiger partial charge in [0.05, 0.1) is 5.01 Å². The molecule has 0 aliphatic carbocycles. The summed E-state index contributed by atoms with van der Waals surface area (Å²) < 4.78 is 0. The molecule has 4 heteroatoms. The number of nitrogens with one attached hydrogen (secondary N) is 1. The van der Waals surface area contributed by atoms with Crippen LogP contribution in [-0.4, -0.2) is 24.1 Å². The Labute approximate surface area is 102 Å². The Bertz CT molecular complexity index is 290. The minimum Gasteiger partial charge on any atom is -0.326 e. The zero-order valence-electron chi connectivity index (χ0n) is 10.7. The molecule has 3 nitrogen and oxygen atoms in total. The zero-order chi connectivity index (χ0) is 12.2.